The molecule has 0 N–H and O–H groups in total. The minimum atomic E-state index is -0.172. The van der Waals surface area contributed by atoms with Crippen LogP contribution in [0.5, 0.6) is 0 Å². The van der Waals surface area contributed by atoms with Crippen molar-refractivity contribution >= 4 is 5.97 Å². The van der Waals surface area contributed by atoms with Crippen LogP contribution in [0, 0.1) is 5.92 Å². The molecule has 0 aliphatic heterocycles. The van der Waals surface area contributed by atoms with Crippen molar-refractivity contribution in [1.29, 1.82) is 0 Å². The van der Waals surface area contributed by atoms with Gasteiger partial charge in [0.05, 0.1) is 13.2 Å². The highest BCUT2D eigenvalue weighted by Crippen LogP contribution is 2.06. The number of hydrogen-bond donors (Lipinski definition) is 0. The van der Waals surface area contributed by atoms with Gasteiger partial charge in [-0.3, -0.25) is 4.79 Å². The second kappa shape index (κ2) is 8.05. The Balaban J connectivity index is 3.20. The smallest absolute Gasteiger partial charge is 0.305 e. The highest BCUT2D eigenvalue weighted by Gasteiger charge is 2.02. The van der Waals surface area contributed by atoms with Crippen LogP contribution in [0.15, 0.2) is 0 Å². The highest BCUT2D eigenvalue weighted by atomic mass is 16.5. The molecule has 77 valence electrons. The van der Waals surface area contributed by atoms with Crippen molar-refractivity contribution in [1.82, 2.24) is 0 Å². The van der Waals surface area contributed by atoms with E-state index in [1.54, 1.807) is 0 Å². The molecule has 0 aliphatic rings. The molecule has 0 heterocycles. The zero-order valence-corrected chi connectivity index (χ0v) is 8.54. The number of esters is 1. The topological polar surface area (TPSA) is 46.2 Å². The summed E-state index contributed by atoms with van der Waals surface area (Å²) in [5.41, 5.74) is 0. The molecule has 0 amide bonds. The minimum Gasteiger partial charge on any atom is -0.466 e. The van der Waals surface area contributed by atoms with Crippen molar-refractivity contribution in [2.75, 3.05) is 13.2 Å². The average Bonchev–Trinajstić information content (AvgIpc) is 2.04. The van der Waals surface area contributed by atoms with Crippen LogP contribution in [-0.4, -0.2) is 19.2 Å². The van der Waals surface area contributed by atoms with Gasteiger partial charge in [-0.15, -0.1) is 0 Å². The van der Waals surface area contributed by atoms with Crippen LogP contribution < -0.4 is 0 Å². The third-order valence-corrected chi connectivity index (χ3v) is 1.71. The van der Waals surface area contributed by atoms with Crippen LogP contribution in [0.2, 0.25) is 0 Å². The van der Waals surface area contributed by atoms with Crippen LogP contribution in [0.3, 0.4) is 0 Å². The Morgan fingerprint density at radius 1 is 1.31 bits per heavy atom. The first-order valence-corrected chi connectivity index (χ1v) is 4.90. The summed E-state index contributed by atoms with van der Waals surface area (Å²) >= 11 is 0. The molecular weight excluding hydrogens is 168 g/mol. The van der Waals surface area contributed by atoms with E-state index < -0.39 is 0 Å². The molecule has 0 aromatic rings. The summed E-state index contributed by atoms with van der Waals surface area (Å²) in [4.78, 5) is 11.0. The van der Waals surface area contributed by atoms with Gasteiger partial charge in [-0.2, -0.15) is 0 Å². The summed E-state index contributed by atoms with van der Waals surface area (Å²) in [7, 11) is 0. The van der Waals surface area contributed by atoms with Gasteiger partial charge in [-0.05, 0) is 12.3 Å². The van der Waals surface area contributed by atoms with Crippen molar-refractivity contribution in [3.05, 3.63) is 0 Å². The van der Waals surface area contributed by atoms with E-state index in [1.165, 1.54) is 0 Å². The summed E-state index contributed by atoms with van der Waals surface area (Å²) in [5.74, 6) is 0.462. The molecule has 0 bridgehead atoms. The fraction of sp³-hybridized carbons (Fsp3) is 0.900. The van der Waals surface area contributed by atoms with Gasteiger partial charge >= 0.3 is 5.97 Å². The van der Waals surface area contributed by atoms with E-state index in [1.807, 2.05) is 0 Å². The molecule has 0 fully saturated rings. The lowest BCUT2D eigenvalue weighted by Gasteiger charge is -2.04. The molecule has 0 aromatic carbocycles. The number of hydrogen-bond acceptors (Lipinski definition) is 2. The minimum absolute atomic E-state index is 0.167. The maximum Gasteiger partial charge on any atom is 0.305 e. The number of ether oxygens (including phenoxy) is 1. The van der Waals surface area contributed by atoms with Crippen molar-refractivity contribution in [3.8, 4) is 0 Å². The molecule has 1 radical (unpaired) electrons. The number of carbonyl (C=O) groups excluding carboxylic acids is 1. The summed E-state index contributed by atoms with van der Waals surface area (Å²) in [6.45, 7) is 4.37. The Kier molecular flexibility index (Phi) is 7.69. The van der Waals surface area contributed by atoms with Gasteiger partial charge in [-0.1, -0.05) is 20.3 Å². The van der Waals surface area contributed by atoms with Crippen LogP contribution >= 0.6 is 0 Å². The largest absolute Gasteiger partial charge is 0.466 e. The molecule has 0 rings (SSSR count). The molecule has 0 saturated heterocycles. The first kappa shape index (κ1) is 12.4. The van der Waals surface area contributed by atoms with Gasteiger partial charge in [0.2, 0.25) is 0 Å². The first-order chi connectivity index (χ1) is 6.16. The van der Waals surface area contributed by atoms with Crippen LogP contribution in [-0.2, 0) is 14.6 Å². The van der Waals surface area contributed by atoms with E-state index in [0.29, 0.717) is 18.8 Å². The van der Waals surface area contributed by atoms with Crippen molar-refractivity contribution in [2.45, 2.75) is 39.5 Å². The fourth-order valence-corrected chi connectivity index (χ4v) is 0.972. The lowest BCUT2D eigenvalue weighted by molar-refractivity contribution is -0.144. The van der Waals surface area contributed by atoms with Gasteiger partial charge in [0.25, 0.3) is 0 Å². The van der Waals surface area contributed by atoms with Gasteiger partial charge in [-0.25, -0.2) is 5.11 Å². The maximum atomic E-state index is 11.0. The lowest BCUT2D eigenvalue weighted by Crippen LogP contribution is -2.06. The van der Waals surface area contributed by atoms with E-state index in [9.17, 15) is 9.90 Å². The molecule has 0 spiro atoms. The standard InChI is InChI=1S/C10H19O3/c1-9(2)5-3-6-10(12)13-8-4-7-11/h9H,3-8H2,1-2H3. The highest BCUT2D eigenvalue weighted by molar-refractivity contribution is 5.69. The summed E-state index contributed by atoms with van der Waals surface area (Å²) in [5, 5.41) is 10.0. The molecule has 0 aliphatic carbocycles. The van der Waals surface area contributed by atoms with E-state index in [-0.39, 0.29) is 19.2 Å². The zero-order valence-electron chi connectivity index (χ0n) is 8.54. The average molecular weight is 187 g/mol. The van der Waals surface area contributed by atoms with Crippen molar-refractivity contribution < 1.29 is 14.6 Å². The van der Waals surface area contributed by atoms with Crippen LogP contribution in [0.25, 0.3) is 0 Å². The Morgan fingerprint density at radius 2 is 2.00 bits per heavy atom. The lowest BCUT2D eigenvalue weighted by atomic mass is 10.1. The molecule has 0 atom stereocenters. The summed E-state index contributed by atoms with van der Waals surface area (Å²) in [6.07, 6.45) is 2.84. The molecule has 0 saturated carbocycles. The third-order valence-electron chi connectivity index (χ3n) is 1.71. The van der Waals surface area contributed by atoms with Crippen molar-refractivity contribution in [2.24, 2.45) is 5.92 Å². The molecule has 0 unspecified atom stereocenters. The Morgan fingerprint density at radius 3 is 2.54 bits per heavy atom. The van der Waals surface area contributed by atoms with E-state index in [2.05, 4.69) is 13.8 Å². The van der Waals surface area contributed by atoms with Gasteiger partial charge in [0.1, 0.15) is 0 Å². The maximum absolute atomic E-state index is 11.0. The van der Waals surface area contributed by atoms with Gasteiger partial charge in [0.15, 0.2) is 0 Å². The number of rotatable bonds is 7. The predicted molar refractivity (Wildman–Crippen MR) is 49.8 cm³/mol. The first-order valence-electron chi connectivity index (χ1n) is 4.90. The molecule has 13 heavy (non-hydrogen) atoms. The van der Waals surface area contributed by atoms with Gasteiger partial charge in [0, 0.05) is 12.8 Å². The Bertz CT molecular complexity index is 132. The quantitative estimate of drug-likeness (QED) is 0.453. The van der Waals surface area contributed by atoms with E-state index in [4.69, 9.17) is 4.74 Å². The normalized spacial score (nSPS) is 10.5. The van der Waals surface area contributed by atoms with Gasteiger partial charge < -0.3 is 4.74 Å². The fourth-order valence-electron chi connectivity index (χ4n) is 0.972. The molecule has 0 aromatic heterocycles. The summed E-state index contributed by atoms with van der Waals surface area (Å²) in [6, 6.07) is 0. The second-order valence-corrected chi connectivity index (χ2v) is 3.56. The Hall–Kier alpha value is -0.570. The molecule has 3 nitrogen and oxygen atoms in total. The predicted octanol–water partition coefficient (Wildman–Crippen LogP) is 2.18. The zero-order chi connectivity index (χ0) is 10.1. The monoisotopic (exact) mass is 187 g/mol. The molecular formula is C10H19O3. The SMILES string of the molecule is CC(C)CCCC(=O)OCCC[O]. The van der Waals surface area contributed by atoms with Crippen LogP contribution in [0.4, 0.5) is 0 Å². The van der Waals surface area contributed by atoms with Crippen molar-refractivity contribution in [3.63, 3.8) is 0 Å². The Labute approximate surface area is 80.1 Å². The second-order valence-electron chi connectivity index (χ2n) is 3.56. The summed E-state index contributed by atoms with van der Waals surface area (Å²) < 4.78 is 4.83. The van der Waals surface area contributed by atoms with E-state index in [0.717, 1.165) is 12.8 Å². The number of carbonyl (C=O) groups is 1. The molecule has 3 heteroatoms. The third kappa shape index (κ3) is 9.34. The van der Waals surface area contributed by atoms with Crippen LogP contribution in [0.1, 0.15) is 39.5 Å². The van der Waals surface area contributed by atoms with E-state index >= 15 is 0 Å².